The highest BCUT2D eigenvalue weighted by molar-refractivity contribution is 5.93. The molecule has 0 spiro atoms. The van der Waals surface area contributed by atoms with Gasteiger partial charge in [0, 0.05) is 0 Å². The Labute approximate surface area is 245 Å². The first-order chi connectivity index (χ1) is 20.5. The van der Waals surface area contributed by atoms with Crippen molar-refractivity contribution in [3.05, 3.63) is 95.1 Å². The van der Waals surface area contributed by atoms with Gasteiger partial charge >= 0.3 is 23.9 Å². The Kier molecular flexibility index (Phi) is 12.6. The number of rotatable bonds is 4. The molecule has 4 rings (SSSR count). The predicted molar refractivity (Wildman–Crippen MR) is 145 cm³/mol. The number of carboxylic acid groups (broad SMARTS) is 4. The Morgan fingerprint density at radius 2 is 0.614 bits per heavy atom. The number of carbonyl (C=O) groups is 4. The summed E-state index contributed by atoms with van der Waals surface area (Å²) < 4.78 is 0. The van der Waals surface area contributed by atoms with Crippen LogP contribution in [0.5, 0.6) is 46.0 Å². The zero-order chi connectivity index (χ0) is 33.7. The summed E-state index contributed by atoms with van der Waals surface area (Å²) in [7, 11) is 0. The van der Waals surface area contributed by atoms with E-state index in [0.29, 0.717) is 0 Å². The third-order valence-electron chi connectivity index (χ3n) is 4.96. The number of phenols is 7. The summed E-state index contributed by atoms with van der Waals surface area (Å²) in [5, 5.41) is 107. The quantitative estimate of drug-likeness (QED) is 0.147. The van der Waals surface area contributed by atoms with Crippen molar-refractivity contribution >= 4 is 23.9 Å². The summed E-state index contributed by atoms with van der Waals surface area (Å²) in [6, 6.07) is 14.9. The topological polar surface area (TPSA) is 314 Å². The van der Waals surface area contributed by atoms with Gasteiger partial charge in [-0.2, -0.15) is 0 Å². The van der Waals surface area contributed by atoms with Gasteiger partial charge in [-0.25, -0.2) is 19.2 Å². The summed E-state index contributed by atoms with van der Waals surface area (Å²) in [6.07, 6.45) is 0. The van der Waals surface area contributed by atoms with Gasteiger partial charge in [-0.3, -0.25) is 0 Å². The molecule has 0 amide bonds. The Morgan fingerprint density at radius 1 is 0.386 bits per heavy atom. The Morgan fingerprint density at radius 3 is 0.818 bits per heavy atom. The monoisotopic (exact) mass is 615 g/mol. The molecule has 44 heavy (non-hydrogen) atoms. The van der Waals surface area contributed by atoms with Gasteiger partial charge in [0.2, 0.25) is 0 Å². The van der Waals surface area contributed by atoms with Crippen molar-refractivity contribution in [2.45, 2.75) is 0 Å². The second-order valence-electron chi connectivity index (χ2n) is 7.89. The third kappa shape index (κ3) is 9.66. The average molecular weight is 615 g/mol. The smallest absolute Gasteiger partial charge is 0.339 e. The lowest BCUT2D eigenvalue weighted by Crippen LogP contribution is -2.03. The van der Waals surface area contributed by atoms with Gasteiger partial charge in [0.25, 0.3) is 0 Å². The van der Waals surface area contributed by atoms with E-state index in [1.54, 1.807) is 0 Å². The first kappa shape index (κ1) is 35.2. The van der Waals surface area contributed by atoms with Crippen molar-refractivity contribution in [1.82, 2.24) is 0 Å². The maximum absolute atomic E-state index is 10.8. The molecule has 0 aliphatic rings. The zero-order valence-corrected chi connectivity index (χ0v) is 21.9. The Balaban J connectivity index is 0.000000293. The van der Waals surface area contributed by atoms with Crippen LogP contribution in [0, 0.1) is 0 Å². The molecule has 0 fully saturated rings. The molecular weight excluding hydrogens is 592 g/mol. The molecule has 16 heteroatoms. The number of para-hydroxylation sites is 4. The lowest BCUT2D eigenvalue weighted by Gasteiger charge is -2.10. The molecule has 0 aromatic heterocycles. The Bertz CT molecular complexity index is 1420. The van der Waals surface area contributed by atoms with Gasteiger partial charge in [-0.15, -0.1) is 0 Å². The van der Waals surface area contributed by atoms with Crippen molar-refractivity contribution in [3.63, 3.8) is 0 Å². The summed E-state index contributed by atoms with van der Waals surface area (Å²) >= 11 is 0. The highest BCUT2D eigenvalue weighted by Gasteiger charge is 2.13. The summed E-state index contributed by atoms with van der Waals surface area (Å²) in [5.74, 6) is -9.58. The molecule has 0 unspecified atom stereocenters. The summed E-state index contributed by atoms with van der Waals surface area (Å²) in [5.41, 5.74) is -1.31. The molecule has 11 N–H and O–H groups in total. The number of aromatic hydroxyl groups is 7. The minimum absolute atomic E-state index is 0.301. The normalized spacial score (nSPS) is 9.45. The lowest BCUT2D eigenvalue weighted by atomic mass is 10.2. The first-order valence-corrected chi connectivity index (χ1v) is 11.5. The Hall–Kier alpha value is -6.84. The molecule has 4 aromatic rings. The molecule has 0 heterocycles. The maximum atomic E-state index is 10.8. The van der Waals surface area contributed by atoms with E-state index in [1.165, 1.54) is 60.7 Å². The number of aromatic carboxylic acids is 4. The fourth-order valence-electron chi connectivity index (χ4n) is 2.80. The zero-order valence-electron chi connectivity index (χ0n) is 21.9. The first-order valence-electron chi connectivity index (χ1n) is 11.5. The van der Waals surface area contributed by atoms with E-state index >= 15 is 0 Å². The van der Waals surface area contributed by atoms with Crippen LogP contribution in [0.1, 0.15) is 41.4 Å². The molecule has 0 aliphatic carbocycles. The van der Waals surface area contributed by atoms with Gasteiger partial charge in [0.15, 0.2) is 34.5 Å². The fraction of sp³-hybridized carbons (Fsp3) is 0. The SMILES string of the molecule is O=C(O)c1cccc(O)c1O.O=C(O)c1cccc(O)c1O.O=C(O)c1cccc(O)c1O.O=C(O)c1cccc(O)c1[O-]. The van der Waals surface area contributed by atoms with E-state index in [-0.39, 0.29) is 16.7 Å². The number of carboxylic acids is 4. The van der Waals surface area contributed by atoms with Gasteiger partial charge in [-0.05, 0) is 48.5 Å². The number of benzene rings is 4. The highest BCUT2D eigenvalue weighted by Crippen LogP contribution is 2.29. The number of hydrogen-bond acceptors (Lipinski definition) is 12. The number of hydrogen-bond donors (Lipinski definition) is 11. The molecule has 0 saturated carbocycles. The minimum atomic E-state index is -1.33. The van der Waals surface area contributed by atoms with E-state index in [2.05, 4.69) is 0 Å². The van der Waals surface area contributed by atoms with E-state index in [9.17, 15) is 24.3 Å². The molecule has 0 aliphatic heterocycles. The van der Waals surface area contributed by atoms with Crippen LogP contribution in [-0.2, 0) is 0 Å². The molecule has 4 aromatic carbocycles. The second-order valence-corrected chi connectivity index (χ2v) is 7.89. The average Bonchev–Trinajstić information content (AvgIpc) is 2.95. The molecule has 232 valence electrons. The molecule has 0 bridgehead atoms. The summed E-state index contributed by atoms with van der Waals surface area (Å²) in [6.45, 7) is 0. The van der Waals surface area contributed by atoms with Crippen LogP contribution >= 0.6 is 0 Å². The number of phenolic OH excluding ortho intramolecular Hbond substituents is 4. The molecule has 0 atom stereocenters. The van der Waals surface area contributed by atoms with Gasteiger partial charge < -0.3 is 61.3 Å². The van der Waals surface area contributed by atoms with Crippen molar-refractivity contribution in [2.24, 2.45) is 0 Å². The minimum Gasteiger partial charge on any atom is -0.869 e. The second kappa shape index (κ2) is 15.8. The molecule has 0 radical (unpaired) electrons. The van der Waals surface area contributed by atoms with E-state index in [4.69, 9.17) is 56.2 Å². The van der Waals surface area contributed by atoms with Crippen molar-refractivity contribution < 1.29 is 80.5 Å². The third-order valence-corrected chi connectivity index (χ3v) is 4.96. The van der Waals surface area contributed by atoms with Crippen molar-refractivity contribution in [1.29, 1.82) is 0 Å². The van der Waals surface area contributed by atoms with Crippen LogP contribution in [0.25, 0.3) is 0 Å². The van der Waals surface area contributed by atoms with Gasteiger partial charge in [-0.1, -0.05) is 30.0 Å². The van der Waals surface area contributed by atoms with Crippen LogP contribution in [0.4, 0.5) is 0 Å². The van der Waals surface area contributed by atoms with Crippen LogP contribution in [0.2, 0.25) is 0 Å². The highest BCUT2D eigenvalue weighted by atomic mass is 16.4. The lowest BCUT2D eigenvalue weighted by molar-refractivity contribution is -0.270. The van der Waals surface area contributed by atoms with Crippen molar-refractivity contribution in [2.75, 3.05) is 0 Å². The summed E-state index contributed by atoms with van der Waals surface area (Å²) in [4.78, 5) is 41.2. The van der Waals surface area contributed by atoms with Crippen LogP contribution < -0.4 is 5.11 Å². The standard InChI is InChI=1S/4C7H6O4/c4*8-5-3-1-2-4(6(5)9)7(10)11/h4*1-3,8-9H,(H,10,11)/p-1. The van der Waals surface area contributed by atoms with Crippen LogP contribution in [-0.4, -0.2) is 80.0 Å². The molecular formula is C28H23O16-. The largest absolute Gasteiger partial charge is 0.869 e. The van der Waals surface area contributed by atoms with E-state index in [0.717, 1.165) is 12.1 Å². The van der Waals surface area contributed by atoms with E-state index < -0.39 is 75.4 Å². The predicted octanol–water partition coefficient (Wildman–Crippen LogP) is 2.55. The maximum Gasteiger partial charge on any atom is 0.339 e. The molecule has 0 saturated heterocycles. The van der Waals surface area contributed by atoms with Crippen molar-refractivity contribution in [3.8, 4) is 46.0 Å². The van der Waals surface area contributed by atoms with Crippen LogP contribution in [0.3, 0.4) is 0 Å². The van der Waals surface area contributed by atoms with Gasteiger partial charge in [0.05, 0.1) is 5.56 Å². The van der Waals surface area contributed by atoms with E-state index in [1.807, 2.05) is 0 Å². The van der Waals surface area contributed by atoms with Gasteiger partial charge in [0.1, 0.15) is 22.4 Å². The fourth-order valence-corrected chi connectivity index (χ4v) is 2.80. The molecule has 16 nitrogen and oxygen atoms in total. The van der Waals surface area contributed by atoms with Crippen LogP contribution in [0.15, 0.2) is 72.8 Å².